The number of likely N-dealkylation sites (tertiary alicyclic amines) is 1. The molecule has 3 aromatic heterocycles. The number of carbonyl (C=O) groups is 2. The van der Waals surface area contributed by atoms with Crippen LogP contribution in [0.1, 0.15) is 67.3 Å². The van der Waals surface area contributed by atoms with Crippen molar-refractivity contribution in [2.24, 2.45) is 20.0 Å². The Balaban J connectivity index is 0.855. The standard InChI is InChI=1S/C40H45F3N12O4S/c1-24(23-53-13-8-25(9-14-53)26-5-7-31-33(20-26)51(2)50-37(31)55-17-12-34(56)47-39(55)57)18-28-19-30(6-4-27(28)21-44)60(58,59)54-15-10-29(11-16-54)46-38-45-22-32-35(40(41,42)43)49-52(3)36(32)48-38/h4-7,19-20,22,24-25,29H,8-18,23H2,1-3H3,(H,45,46,48)(H,47,56,57). The van der Waals surface area contributed by atoms with Crippen molar-refractivity contribution in [3.8, 4) is 6.07 Å². The number of imide groups is 1. The number of rotatable bonds is 10. The topological polar surface area (TPSA) is 187 Å². The first kappa shape index (κ1) is 41.1. The van der Waals surface area contributed by atoms with Gasteiger partial charge in [-0.25, -0.2) is 22.9 Å². The molecule has 0 radical (unpaired) electrons. The van der Waals surface area contributed by atoms with Crippen molar-refractivity contribution in [3.63, 3.8) is 0 Å². The number of urea groups is 1. The van der Waals surface area contributed by atoms with E-state index in [0.29, 0.717) is 42.1 Å². The molecule has 0 bridgehead atoms. The molecule has 316 valence electrons. The quantitative estimate of drug-likeness (QED) is 0.195. The third-order valence-electron chi connectivity index (χ3n) is 11.8. The highest BCUT2D eigenvalue weighted by atomic mass is 32.2. The van der Waals surface area contributed by atoms with Crippen LogP contribution in [-0.2, 0) is 41.5 Å². The first-order chi connectivity index (χ1) is 28.6. The zero-order valence-electron chi connectivity index (χ0n) is 33.4. The van der Waals surface area contributed by atoms with Crippen LogP contribution in [0.3, 0.4) is 0 Å². The third-order valence-corrected chi connectivity index (χ3v) is 13.7. The SMILES string of the molecule is CC(Cc1cc(S(=O)(=O)N2CCC(Nc3ncc4c(C(F)(F)F)nn(C)c4n3)CC2)ccc1C#N)CN1CCC(c2ccc3c(N4CCC(=O)NC4=O)nn(C)c3c2)CC1. The first-order valence-corrected chi connectivity index (χ1v) is 21.4. The van der Waals surface area contributed by atoms with Crippen molar-refractivity contribution in [2.75, 3.05) is 49.5 Å². The van der Waals surface area contributed by atoms with Gasteiger partial charge in [0.1, 0.15) is 0 Å². The Bertz CT molecular complexity index is 2620. The second kappa shape index (κ2) is 16.1. The number of aryl methyl sites for hydroxylation is 2. The Hall–Kier alpha value is -5.65. The number of nitriles is 1. The number of nitrogens with zero attached hydrogens (tertiary/aromatic N) is 10. The number of anilines is 2. The monoisotopic (exact) mass is 846 g/mol. The maximum Gasteiger partial charge on any atom is 0.435 e. The maximum absolute atomic E-state index is 13.9. The number of nitrogens with one attached hydrogen (secondary N) is 2. The Morgan fingerprint density at radius 2 is 1.72 bits per heavy atom. The number of carbonyl (C=O) groups excluding carboxylic acids is 2. The molecule has 1 atom stereocenters. The summed E-state index contributed by atoms with van der Waals surface area (Å²) in [5, 5.41) is 24.3. The van der Waals surface area contributed by atoms with E-state index >= 15 is 0 Å². The molecule has 0 saturated carbocycles. The molecule has 3 aliphatic heterocycles. The van der Waals surface area contributed by atoms with Crippen molar-refractivity contribution in [2.45, 2.75) is 68.5 Å². The van der Waals surface area contributed by atoms with Crippen molar-refractivity contribution < 1.29 is 31.2 Å². The number of benzene rings is 2. The van der Waals surface area contributed by atoms with Gasteiger partial charge in [0.25, 0.3) is 0 Å². The third kappa shape index (κ3) is 8.12. The molecule has 6 heterocycles. The maximum atomic E-state index is 13.9. The van der Waals surface area contributed by atoms with Gasteiger partial charge in [0.05, 0.1) is 27.4 Å². The number of aromatic nitrogens is 6. The number of fused-ring (bicyclic) bond motifs is 2. The Kier molecular flexibility index (Phi) is 11.0. The second-order valence-corrected chi connectivity index (χ2v) is 18.0. The molecule has 3 aliphatic rings. The fourth-order valence-corrected chi connectivity index (χ4v) is 10.2. The minimum Gasteiger partial charge on any atom is -0.351 e. The lowest BCUT2D eigenvalue weighted by Gasteiger charge is -2.34. The number of hydrogen-bond acceptors (Lipinski definition) is 11. The van der Waals surface area contributed by atoms with Crippen molar-refractivity contribution in [3.05, 3.63) is 65.0 Å². The van der Waals surface area contributed by atoms with Crippen LogP contribution in [0, 0.1) is 17.2 Å². The van der Waals surface area contributed by atoms with Crippen LogP contribution in [-0.4, -0.2) is 104 Å². The van der Waals surface area contributed by atoms with E-state index in [9.17, 15) is 36.4 Å². The van der Waals surface area contributed by atoms with Crippen LogP contribution in [0.2, 0.25) is 0 Å². The average molecular weight is 847 g/mol. The summed E-state index contributed by atoms with van der Waals surface area (Å²) in [5.41, 5.74) is 2.24. The van der Waals surface area contributed by atoms with Crippen LogP contribution in [0.25, 0.3) is 21.9 Å². The molecule has 3 saturated heterocycles. The highest BCUT2D eigenvalue weighted by molar-refractivity contribution is 7.89. The van der Waals surface area contributed by atoms with E-state index < -0.39 is 27.9 Å². The molecule has 5 aromatic rings. The zero-order chi connectivity index (χ0) is 42.5. The number of piperidine rings is 2. The van der Waals surface area contributed by atoms with Gasteiger partial charge in [-0.3, -0.25) is 19.7 Å². The lowest BCUT2D eigenvalue weighted by molar-refractivity contribution is -0.140. The molecular formula is C40H45F3N12O4S. The summed E-state index contributed by atoms with van der Waals surface area (Å²) >= 11 is 0. The van der Waals surface area contributed by atoms with E-state index in [1.807, 2.05) is 13.1 Å². The molecule has 0 spiro atoms. The Morgan fingerprint density at radius 1 is 0.967 bits per heavy atom. The van der Waals surface area contributed by atoms with Gasteiger partial charge in [0.15, 0.2) is 17.2 Å². The first-order valence-electron chi connectivity index (χ1n) is 20.0. The molecule has 60 heavy (non-hydrogen) atoms. The van der Waals surface area contributed by atoms with Crippen molar-refractivity contribution >= 4 is 55.7 Å². The van der Waals surface area contributed by atoms with Gasteiger partial charge in [-0.2, -0.15) is 37.9 Å². The number of halogens is 3. The normalized spacial score (nSPS) is 18.6. The molecule has 20 heteroatoms. The molecule has 2 aromatic carbocycles. The van der Waals surface area contributed by atoms with Crippen molar-refractivity contribution in [1.29, 1.82) is 5.26 Å². The van der Waals surface area contributed by atoms with Gasteiger partial charge in [0.2, 0.25) is 21.9 Å². The molecule has 2 N–H and O–H groups in total. The molecule has 16 nitrogen and oxygen atoms in total. The van der Waals surface area contributed by atoms with Gasteiger partial charge in [-0.15, -0.1) is 0 Å². The van der Waals surface area contributed by atoms with Crippen molar-refractivity contribution in [1.82, 2.24) is 44.1 Å². The molecule has 0 aliphatic carbocycles. The predicted octanol–water partition coefficient (Wildman–Crippen LogP) is 4.91. The zero-order valence-corrected chi connectivity index (χ0v) is 34.2. The largest absolute Gasteiger partial charge is 0.435 e. The lowest BCUT2D eigenvalue weighted by Crippen LogP contribution is -2.49. The van der Waals surface area contributed by atoms with E-state index in [0.717, 1.165) is 54.3 Å². The summed E-state index contributed by atoms with van der Waals surface area (Å²) in [7, 11) is -0.639. The van der Waals surface area contributed by atoms with Crippen LogP contribution in [0.4, 0.5) is 29.7 Å². The van der Waals surface area contributed by atoms with Crippen LogP contribution < -0.4 is 15.5 Å². The minimum absolute atomic E-state index is 0.0370. The van der Waals surface area contributed by atoms with Gasteiger partial charge in [-0.1, -0.05) is 13.0 Å². The summed E-state index contributed by atoms with van der Waals surface area (Å²) in [5.74, 6) is 0.883. The Morgan fingerprint density at radius 3 is 2.42 bits per heavy atom. The summed E-state index contributed by atoms with van der Waals surface area (Å²) in [4.78, 5) is 36.6. The van der Waals surface area contributed by atoms with Crippen LogP contribution in [0.5, 0.6) is 0 Å². The summed E-state index contributed by atoms with van der Waals surface area (Å²) in [6.07, 6.45) is -0.0124. The molecule has 3 amide bonds. The summed E-state index contributed by atoms with van der Waals surface area (Å²) < 4.78 is 72.1. The highest BCUT2D eigenvalue weighted by Crippen LogP contribution is 2.35. The molecule has 1 unspecified atom stereocenters. The summed E-state index contributed by atoms with van der Waals surface area (Å²) in [6, 6.07) is 12.5. The minimum atomic E-state index is -4.64. The van der Waals surface area contributed by atoms with E-state index in [-0.39, 0.29) is 65.8 Å². The molecule has 3 fully saturated rings. The molecular weight excluding hydrogens is 802 g/mol. The number of amides is 3. The van der Waals surface area contributed by atoms with Crippen LogP contribution >= 0.6 is 0 Å². The van der Waals surface area contributed by atoms with E-state index in [1.54, 1.807) is 16.8 Å². The number of hydrogen-bond donors (Lipinski definition) is 2. The van der Waals surface area contributed by atoms with Gasteiger partial charge in [0, 0.05) is 64.3 Å². The second-order valence-electron chi connectivity index (χ2n) is 16.0. The number of alkyl halides is 3. The average Bonchev–Trinajstić information content (AvgIpc) is 3.73. The number of sulfonamides is 1. The highest BCUT2D eigenvalue weighted by Gasteiger charge is 2.38. The van der Waals surface area contributed by atoms with Crippen LogP contribution in [0.15, 0.2) is 47.5 Å². The lowest BCUT2D eigenvalue weighted by atomic mass is 9.88. The van der Waals surface area contributed by atoms with E-state index in [4.69, 9.17) is 0 Å². The Labute approximate surface area is 344 Å². The fraction of sp³-hybridized carbons (Fsp3) is 0.475. The fourth-order valence-electron chi connectivity index (χ4n) is 8.70. The van der Waals surface area contributed by atoms with E-state index in [1.165, 1.54) is 27.9 Å². The van der Waals surface area contributed by atoms with Gasteiger partial charge >= 0.3 is 12.2 Å². The summed E-state index contributed by atoms with van der Waals surface area (Å²) in [6.45, 7) is 5.39. The van der Waals surface area contributed by atoms with E-state index in [2.05, 4.69) is 60.8 Å². The smallest absolute Gasteiger partial charge is 0.351 e. The van der Waals surface area contributed by atoms with Gasteiger partial charge in [-0.05, 0) is 98.5 Å². The predicted molar refractivity (Wildman–Crippen MR) is 215 cm³/mol. The van der Waals surface area contributed by atoms with Gasteiger partial charge < -0.3 is 10.2 Å². The molecule has 8 rings (SSSR count).